The first-order chi connectivity index (χ1) is 12.6. The minimum atomic E-state index is -0.297. The summed E-state index contributed by atoms with van der Waals surface area (Å²) >= 11 is 1.52. The summed E-state index contributed by atoms with van der Waals surface area (Å²) in [4.78, 5) is 18.7. The molecular weight excluding hydrogens is 351 g/mol. The quantitative estimate of drug-likeness (QED) is 0.512. The van der Waals surface area contributed by atoms with Crippen LogP contribution in [0.15, 0.2) is 65.1 Å². The zero-order chi connectivity index (χ0) is 18.1. The van der Waals surface area contributed by atoms with Gasteiger partial charge in [0.05, 0.1) is 10.2 Å². The number of carbonyl (C=O) groups is 1. The monoisotopic (exact) mass is 366 g/mol. The van der Waals surface area contributed by atoms with Gasteiger partial charge in [-0.15, -0.1) is 11.3 Å². The van der Waals surface area contributed by atoms with Gasteiger partial charge in [0.25, 0.3) is 5.91 Å². The molecule has 0 N–H and O–H groups in total. The molecule has 6 heteroatoms. The molecular formula is C20H15FN2O2S. The molecule has 130 valence electrons. The second kappa shape index (κ2) is 6.72. The SMILES string of the molecule is CN(Cc1ccc(F)cc1)C(=O)c1ccc(-c2nc3ccccc3s2)o1. The van der Waals surface area contributed by atoms with Gasteiger partial charge in [-0.1, -0.05) is 24.3 Å². The molecule has 1 amide bonds. The standard InChI is InChI=1S/C20H15FN2O2S/c1-23(12-13-6-8-14(21)9-7-13)20(24)17-11-10-16(25-17)19-22-15-4-2-3-5-18(15)26-19/h2-11H,12H2,1H3. The van der Waals surface area contributed by atoms with Crippen molar-refractivity contribution < 1.29 is 13.6 Å². The van der Waals surface area contributed by atoms with Gasteiger partial charge in [-0.25, -0.2) is 9.37 Å². The molecule has 0 atom stereocenters. The lowest BCUT2D eigenvalue weighted by Gasteiger charge is -2.15. The molecule has 4 nitrogen and oxygen atoms in total. The Morgan fingerprint density at radius 2 is 1.88 bits per heavy atom. The molecule has 0 bridgehead atoms. The molecule has 0 aliphatic heterocycles. The molecule has 4 rings (SSSR count). The number of amides is 1. The molecule has 0 spiro atoms. The number of benzene rings is 2. The van der Waals surface area contributed by atoms with E-state index in [1.807, 2.05) is 24.3 Å². The van der Waals surface area contributed by atoms with E-state index < -0.39 is 0 Å². The van der Waals surface area contributed by atoms with Crippen LogP contribution in [0.5, 0.6) is 0 Å². The highest BCUT2D eigenvalue weighted by Gasteiger charge is 2.18. The van der Waals surface area contributed by atoms with Gasteiger partial charge in [0.2, 0.25) is 0 Å². The summed E-state index contributed by atoms with van der Waals surface area (Å²) in [6, 6.07) is 17.3. The van der Waals surface area contributed by atoms with E-state index in [-0.39, 0.29) is 17.5 Å². The van der Waals surface area contributed by atoms with E-state index in [0.29, 0.717) is 12.3 Å². The molecule has 0 radical (unpaired) electrons. The van der Waals surface area contributed by atoms with Gasteiger partial charge < -0.3 is 9.32 Å². The molecule has 2 aromatic carbocycles. The second-order valence-electron chi connectivity index (χ2n) is 5.94. The number of para-hydroxylation sites is 1. The fourth-order valence-electron chi connectivity index (χ4n) is 2.67. The molecule has 26 heavy (non-hydrogen) atoms. The molecule has 2 heterocycles. The van der Waals surface area contributed by atoms with Gasteiger partial charge in [0.15, 0.2) is 16.5 Å². The lowest BCUT2D eigenvalue weighted by Crippen LogP contribution is -2.25. The van der Waals surface area contributed by atoms with E-state index in [1.165, 1.54) is 28.4 Å². The third-order valence-electron chi connectivity index (χ3n) is 4.00. The van der Waals surface area contributed by atoms with Crippen molar-refractivity contribution in [1.82, 2.24) is 9.88 Å². The van der Waals surface area contributed by atoms with E-state index in [4.69, 9.17) is 4.42 Å². The number of halogens is 1. The number of furan rings is 1. The fourth-order valence-corrected chi connectivity index (χ4v) is 3.60. The van der Waals surface area contributed by atoms with Crippen molar-refractivity contribution in [2.45, 2.75) is 6.54 Å². The van der Waals surface area contributed by atoms with Crippen LogP contribution in [0.4, 0.5) is 4.39 Å². The van der Waals surface area contributed by atoms with Crippen LogP contribution >= 0.6 is 11.3 Å². The normalized spacial score (nSPS) is 11.0. The number of thiazole rings is 1. The Morgan fingerprint density at radius 3 is 2.65 bits per heavy atom. The molecule has 0 saturated heterocycles. The Labute approximate surface area is 153 Å². The fraction of sp³-hybridized carbons (Fsp3) is 0.100. The van der Waals surface area contributed by atoms with Gasteiger partial charge in [0.1, 0.15) is 5.82 Å². The number of nitrogens with zero attached hydrogens (tertiary/aromatic N) is 2. The molecule has 2 aromatic heterocycles. The van der Waals surface area contributed by atoms with E-state index in [2.05, 4.69) is 4.98 Å². The van der Waals surface area contributed by atoms with E-state index >= 15 is 0 Å². The van der Waals surface area contributed by atoms with E-state index in [9.17, 15) is 9.18 Å². The summed E-state index contributed by atoms with van der Waals surface area (Å²) in [5.74, 6) is 0.296. The van der Waals surface area contributed by atoms with Crippen LogP contribution in [-0.4, -0.2) is 22.8 Å². The highest BCUT2D eigenvalue weighted by molar-refractivity contribution is 7.21. The number of aromatic nitrogens is 1. The summed E-state index contributed by atoms with van der Waals surface area (Å²) in [5, 5.41) is 0.742. The average Bonchev–Trinajstić information content (AvgIpc) is 3.29. The molecule has 0 aliphatic rings. The summed E-state index contributed by atoms with van der Waals surface area (Å²) in [7, 11) is 1.69. The van der Waals surface area contributed by atoms with Gasteiger partial charge in [-0.2, -0.15) is 0 Å². The molecule has 0 fully saturated rings. The first kappa shape index (κ1) is 16.5. The Morgan fingerprint density at radius 1 is 1.12 bits per heavy atom. The number of fused-ring (bicyclic) bond motifs is 1. The zero-order valence-electron chi connectivity index (χ0n) is 14.0. The summed E-state index contributed by atoms with van der Waals surface area (Å²) < 4.78 is 19.8. The Bertz CT molecular complexity index is 1040. The van der Waals surface area contributed by atoms with Crippen molar-refractivity contribution in [3.63, 3.8) is 0 Å². The maximum Gasteiger partial charge on any atom is 0.289 e. The summed E-state index contributed by atoms with van der Waals surface area (Å²) in [6.07, 6.45) is 0. The number of carbonyl (C=O) groups excluding carboxylic acids is 1. The number of hydrogen-bond acceptors (Lipinski definition) is 4. The first-order valence-electron chi connectivity index (χ1n) is 8.06. The predicted octanol–water partition coefficient (Wildman–Crippen LogP) is 4.97. The molecule has 0 aliphatic carbocycles. The van der Waals surface area contributed by atoms with Crippen LogP contribution in [0.25, 0.3) is 21.0 Å². The minimum Gasteiger partial charge on any atom is -0.448 e. The maximum absolute atomic E-state index is 13.0. The second-order valence-corrected chi connectivity index (χ2v) is 6.97. The van der Waals surface area contributed by atoms with Crippen LogP contribution in [0.3, 0.4) is 0 Å². The Kier molecular flexibility index (Phi) is 4.26. The van der Waals surface area contributed by atoms with Crippen molar-refractivity contribution in [1.29, 1.82) is 0 Å². The minimum absolute atomic E-state index is 0.235. The largest absolute Gasteiger partial charge is 0.448 e. The Balaban J connectivity index is 1.53. The lowest BCUT2D eigenvalue weighted by atomic mass is 10.2. The van der Waals surface area contributed by atoms with Crippen LogP contribution in [-0.2, 0) is 6.54 Å². The summed E-state index contributed by atoms with van der Waals surface area (Å²) in [5.41, 5.74) is 1.76. The highest BCUT2D eigenvalue weighted by Crippen LogP contribution is 2.31. The van der Waals surface area contributed by atoms with Gasteiger partial charge in [-0.05, 0) is 42.0 Å². The zero-order valence-corrected chi connectivity index (χ0v) is 14.8. The van der Waals surface area contributed by atoms with E-state index in [1.54, 1.807) is 31.3 Å². The highest BCUT2D eigenvalue weighted by atomic mass is 32.1. The van der Waals surface area contributed by atoms with Crippen LogP contribution in [0.2, 0.25) is 0 Å². The van der Waals surface area contributed by atoms with Crippen molar-refractivity contribution >= 4 is 27.5 Å². The Hall–Kier alpha value is -2.99. The third kappa shape index (κ3) is 3.23. The van der Waals surface area contributed by atoms with Crippen molar-refractivity contribution in [3.8, 4) is 10.8 Å². The van der Waals surface area contributed by atoms with Crippen molar-refractivity contribution in [2.24, 2.45) is 0 Å². The number of hydrogen-bond donors (Lipinski definition) is 0. The van der Waals surface area contributed by atoms with Gasteiger partial charge >= 0.3 is 0 Å². The maximum atomic E-state index is 13.0. The molecule has 0 saturated carbocycles. The van der Waals surface area contributed by atoms with E-state index in [0.717, 1.165) is 20.8 Å². The topological polar surface area (TPSA) is 46.3 Å². The number of rotatable bonds is 4. The van der Waals surface area contributed by atoms with Crippen molar-refractivity contribution in [2.75, 3.05) is 7.05 Å². The summed E-state index contributed by atoms with van der Waals surface area (Å²) in [6.45, 7) is 0.371. The first-order valence-corrected chi connectivity index (χ1v) is 8.87. The van der Waals surface area contributed by atoms with Crippen LogP contribution < -0.4 is 0 Å². The predicted molar refractivity (Wildman–Crippen MR) is 99.5 cm³/mol. The smallest absolute Gasteiger partial charge is 0.289 e. The third-order valence-corrected chi connectivity index (χ3v) is 5.05. The van der Waals surface area contributed by atoms with Crippen LogP contribution in [0.1, 0.15) is 16.1 Å². The molecule has 4 aromatic rings. The lowest BCUT2D eigenvalue weighted by molar-refractivity contribution is 0.0754. The van der Waals surface area contributed by atoms with Gasteiger partial charge in [0, 0.05) is 13.6 Å². The van der Waals surface area contributed by atoms with Crippen LogP contribution in [0, 0.1) is 5.82 Å². The average molecular weight is 366 g/mol. The van der Waals surface area contributed by atoms with Crippen molar-refractivity contribution in [3.05, 3.63) is 77.8 Å². The molecule has 0 unspecified atom stereocenters. The van der Waals surface area contributed by atoms with Gasteiger partial charge in [-0.3, -0.25) is 4.79 Å².